The maximum Gasteiger partial charge on any atom is 0.423 e. The van der Waals surface area contributed by atoms with Crippen LogP contribution in [0.5, 0.6) is 0 Å². The van der Waals surface area contributed by atoms with E-state index in [0.29, 0.717) is 0 Å². The van der Waals surface area contributed by atoms with Crippen LogP contribution >= 0.6 is 11.6 Å². The van der Waals surface area contributed by atoms with Gasteiger partial charge in [-0.1, -0.05) is 11.6 Å². The molecule has 94 valence electrons. The van der Waals surface area contributed by atoms with Gasteiger partial charge in [-0.3, -0.25) is 10.1 Å². The number of alkyl halides is 5. The Balaban J connectivity index is 3.68. The summed E-state index contributed by atoms with van der Waals surface area (Å²) in [6.45, 7) is 0. The Bertz CT molecular complexity index is 462. The van der Waals surface area contributed by atoms with Crippen molar-refractivity contribution in [1.29, 1.82) is 0 Å². The van der Waals surface area contributed by atoms with Crippen LogP contribution in [0.15, 0.2) is 6.20 Å². The molecular formula is C7H2ClF5N2O2. The van der Waals surface area contributed by atoms with E-state index in [2.05, 4.69) is 4.98 Å². The number of hydrogen-bond donors (Lipinski definition) is 0. The minimum Gasteiger partial charge on any atom is -0.258 e. The maximum atomic E-state index is 12.5. The summed E-state index contributed by atoms with van der Waals surface area (Å²) in [4.78, 5) is 11.8. The molecule has 0 bridgehead atoms. The van der Waals surface area contributed by atoms with Gasteiger partial charge in [0.1, 0.15) is 16.9 Å². The molecule has 0 saturated carbocycles. The summed E-state index contributed by atoms with van der Waals surface area (Å²) < 4.78 is 62.3. The molecule has 1 rings (SSSR count). The standard InChI is InChI=1S/C7H2ClF5N2O2/c8-5-3(6(9)10)4(7(11,12)13)2(1-14-5)15(16)17/h1,6H. The Labute approximate surface area is 95.2 Å². The van der Waals surface area contributed by atoms with Crippen LogP contribution in [-0.4, -0.2) is 9.91 Å². The molecule has 17 heavy (non-hydrogen) atoms. The molecule has 1 aromatic rings. The Morgan fingerprint density at radius 1 is 1.41 bits per heavy atom. The van der Waals surface area contributed by atoms with Gasteiger partial charge in [0.2, 0.25) is 0 Å². The fraction of sp³-hybridized carbons (Fsp3) is 0.286. The van der Waals surface area contributed by atoms with Gasteiger partial charge >= 0.3 is 6.18 Å². The van der Waals surface area contributed by atoms with Gasteiger partial charge in [-0.05, 0) is 0 Å². The van der Waals surface area contributed by atoms with Crippen molar-refractivity contribution in [3.63, 3.8) is 0 Å². The van der Waals surface area contributed by atoms with E-state index in [-0.39, 0.29) is 6.20 Å². The first kappa shape index (κ1) is 13.6. The minimum absolute atomic E-state index is 0.192. The van der Waals surface area contributed by atoms with Crippen molar-refractivity contribution in [2.24, 2.45) is 0 Å². The SMILES string of the molecule is O=[N+]([O-])c1cnc(Cl)c(C(F)F)c1C(F)(F)F. The van der Waals surface area contributed by atoms with Gasteiger partial charge in [0.05, 0.1) is 10.5 Å². The summed E-state index contributed by atoms with van der Waals surface area (Å²) in [5.74, 6) is 0. The zero-order valence-corrected chi connectivity index (χ0v) is 8.39. The van der Waals surface area contributed by atoms with Gasteiger partial charge in [-0.15, -0.1) is 0 Å². The Morgan fingerprint density at radius 3 is 2.29 bits per heavy atom. The van der Waals surface area contributed by atoms with Crippen molar-refractivity contribution >= 4 is 17.3 Å². The van der Waals surface area contributed by atoms with Gasteiger partial charge in [0, 0.05) is 0 Å². The molecule has 4 nitrogen and oxygen atoms in total. The molecule has 0 N–H and O–H groups in total. The molecule has 0 saturated heterocycles. The first-order chi connectivity index (χ1) is 7.66. The smallest absolute Gasteiger partial charge is 0.258 e. The quantitative estimate of drug-likeness (QED) is 0.359. The third-order valence-electron chi connectivity index (χ3n) is 1.75. The first-order valence-electron chi connectivity index (χ1n) is 3.84. The predicted molar refractivity (Wildman–Crippen MR) is 45.9 cm³/mol. The number of pyridine rings is 1. The van der Waals surface area contributed by atoms with Gasteiger partial charge in [-0.25, -0.2) is 13.8 Å². The lowest BCUT2D eigenvalue weighted by molar-refractivity contribution is -0.388. The third-order valence-corrected chi connectivity index (χ3v) is 2.05. The predicted octanol–water partition coefficient (Wildman–Crippen LogP) is 3.60. The Hall–Kier alpha value is -1.51. The second-order valence-electron chi connectivity index (χ2n) is 2.78. The van der Waals surface area contributed by atoms with Gasteiger partial charge in [0.25, 0.3) is 12.1 Å². The first-order valence-corrected chi connectivity index (χ1v) is 4.22. The van der Waals surface area contributed by atoms with Gasteiger partial charge < -0.3 is 0 Å². The minimum atomic E-state index is -5.32. The Kier molecular flexibility index (Phi) is 3.51. The van der Waals surface area contributed by atoms with E-state index >= 15 is 0 Å². The van der Waals surface area contributed by atoms with E-state index < -0.39 is 39.5 Å². The maximum absolute atomic E-state index is 12.5. The molecule has 0 atom stereocenters. The zero-order valence-electron chi connectivity index (χ0n) is 7.63. The molecule has 1 heterocycles. The van der Waals surface area contributed by atoms with E-state index in [4.69, 9.17) is 11.6 Å². The molecule has 1 aromatic heterocycles. The van der Waals surface area contributed by atoms with Crippen molar-refractivity contribution in [3.05, 3.63) is 32.6 Å². The van der Waals surface area contributed by atoms with E-state index in [1.165, 1.54) is 0 Å². The monoisotopic (exact) mass is 276 g/mol. The summed E-state index contributed by atoms with van der Waals surface area (Å²) >= 11 is 5.09. The zero-order chi connectivity index (χ0) is 13.4. The number of hydrogen-bond acceptors (Lipinski definition) is 3. The van der Waals surface area contributed by atoms with Crippen molar-refractivity contribution in [2.75, 3.05) is 0 Å². The molecule has 0 aliphatic heterocycles. The van der Waals surface area contributed by atoms with Crippen LogP contribution in [0.3, 0.4) is 0 Å². The van der Waals surface area contributed by atoms with E-state index in [9.17, 15) is 32.1 Å². The summed E-state index contributed by atoms with van der Waals surface area (Å²) in [5.41, 5.74) is -5.32. The fourth-order valence-corrected chi connectivity index (χ4v) is 1.35. The van der Waals surface area contributed by atoms with Crippen LogP contribution in [0.1, 0.15) is 17.6 Å². The molecule has 0 radical (unpaired) electrons. The Morgan fingerprint density at radius 2 is 1.94 bits per heavy atom. The molecule has 0 aliphatic rings. The van der Waals surface area contributed by atoms with Crippen LogP contribution in [0.25, 0.3) is 0 Å². The van der Waals surface area contributed by atoms with Crippen LogP contribution in [0, 0.1) is 10.1 Å². The van der Waals surface area contributed by atoms with E-state index in [1.54, 1.807) is 0 Å². The number of aromatic nitrogens is 1. The summed E-state index contributed by atoms with van der Waals surface area (Å²) in [6, 6.07) is 0. The van der Waals surface area contributed by atoms with Crippen LogP contribution in [0.2, 0.25) is 5.15 Å². The topological polar surface area (TPSA) is 56.0 Å². The molecule has 10 heteroatoms. The highest BCUT2D eigenvalue weighted by Crippen LogP contribution is 2.43. The van der Waals surface area contributed by atoms with Crippen molar-refractivity contribution in [3.8, 4) is 0 Å². The number of rotatable bonds is 2. The van der Waals surface area contributed by atoms with E-state index in [0.717, 1.165) is 0 Å². The molecule has 0 aromatic carbocycles. The van der Waals surface area contributed by atoms with Crippen molar-refractivity contribution in [1.82, 2.24) is 4.98 Å². The fourth-order valence-electron chi connectivity index (χ4n) is 1.13. The highest BCUT2D eigenvalue weighted by molar-refractivity contribution is 6.30. The van der Waals surface area contributed by atoms with Crippen molar-refractivity contribution < 1.29 is 26.9 Å². The van der Waals surface area contributed by atoms with Gasteiger partial charge in [0.15, 0.2) is 0 Å². The van der Waals surface area contributed by atoms with Crippen LogP contribution in [-0.2, 0) is 6.18 Å². The second kappa shape index (κ2) is 4.40. The highest BCUT2D eigenvalue weighted by Gasteiger charge is 2.44. The molecular weight excluding hydrogens is 275 g/mol. The van der Waals surface area contributed by atoms with Crippen LogP contribution < -0.4 is 0 Å². The summed E-state index contributed by atoms with van der Waals surface area (Å²) in [6.07, 6.45) is -8.75. The summed E-state index contributed by atoms with van der Waals surface area (Å²) in [5, 5.41) is 9.22. The molecule has 0 aliphatic carbocycles. The molecule has 0 fully saturated rings. The number of halogens is 6. The molecule has 0 amide bonds. The lowest BCUT2D eigenvalue weighted by Crippen LogP contribution is -2.14. The number of nitrogens with zero attached hydrogens (tertiary/aromatic N) is 2. The molecule has 0 spiro atoms. The number of nitro groups is 1. The van der Waals surface area contributed by atoms with Crippen molar-refractivity contribution in [2.45, 2.75) is 12.6 Å². The largest absolute Gasteiger partial charge is 0.423 e. The third kappa shape index (κ3) is 2.60. The normalized spacial score (nSPS) is 11.9. The highest BCUT2D eigenvalue weighted by atomic mass is 35.5. The average molecular weight is 277 g/mol. The van der Waals surface area contributed by atoms with Gasteiger partial charge in [-0.2, -0.15) is 13.2 Å². The lowest BCUT2D eigenvalue weighted by Gasteiger charge is -2.12. The molecule has 0 unspecified atom stereocenters. The average Bonchev–Trinajstić information content (AvgIpc) is 2.14. The van der Waals surface area contributed by atoms with Crippen LogP contribution in [0.4, 0.5) is 27.6 Å². The second-order valence-corrected chi connectivity index (χ2v) is 3.14. The van der Waals surface area contributed by atoms with E-state index in [1.807, 2.05) is 0 Å². The summed E-state index contributed by atoms with van der Waals surface area (Å²) in [7, 11) is 0. The lowest BCUT2D eigenvalue weighted by atomic mass is 10.1.